The van der Waals surface area contributed by atoms with Crippen LogP contribution in [0.4, 0.5) is 4.39 Å². The largest absolute Gasteiger partial charge is 0.496 e. The van der Waals surface area contributed by atoms with Gasteiger partial charge in [0.25, 0.3) is 0 Å². The molecule has 0 amide bonds. The lowest BCUT2D eigenvalue weighted by Crippen LogP contribution is -2.01. The van der Waals surface area contributed by atoms with Gasteiger partial charge in [-0.3, -0.25) is 0 Å². The van der Waals surface area contributed by atoms with Gasteiger partial charge in [-0.15, -0.1) is 0 Å². The SMILES string of the molecule is COc1ccc(C#N)cc1COc1cccc(Cl)c1F. The van der Waals surface area contributed by atoms with Gasteiger partial charge in [0, 0.05) is 5.56 Å². The zero-order valence-electron chi connectivity index (χ0n) is 10.7. The monoisotopic (exact) mass is 291 g/mol. The molecule has 0 N–H and O–H groups in total. The molecule has 0 aliphatic heterocycles. The Balaban J connectivity index is 2.22. The molecular formula is C15H11ClFNO2. The number of hydrogen-bond donors (Lipinski definition) is 0. The van der Waals surface area contributed by atoms with Crippen LogP contribution < -0.4 is 9.47 Å². The summed E-state index contributed by atoms with van der Waals surface area (Å²) in [6.45, 7) is 0.0793. The van der Waals surface area contributed by atoms with E-state index in [0.29, 0.717) is 16.9 Å². The zero-order chi connectivity index (χ0) is 14.5. The lowest BCUT2D eigenvalue weighted by atomic mass is 10.1. The van der Waals surface area contributed by atoms with Gasteiger partial charge in [0.05, 0.1) is 23.8 Å². The first kappa shape index (κ1) is 14.2. The predicted octanol–water partition coefficient (Wildman–Crippen LogP) is 3.94. The van der Waals surface area contributed by atoms with Crippen LogP contribution >= 0.6 is 11.6 Å². The van der Waals surface area contributed by atoms with Gasteiger partial charge in [0.1, 0.15) is 12.4 Å². The summed E-state index contributed by atoms with van der Waals surface area (Å²) in [5.41, 5.74) is 1.14. The van der Waals surface area contributed by atoms with Crippen molar-refractivity contribution in [1.82, 2.24) is 0 Å². The molecule has 20 heavy (non-hydrogen) atoms. The average molecular weight is 292 g/mol. The van der Waals surface area contributed by atoms with Crippen LogP contribution in [0.25, 0.3) is 0 Å². The highest BCUT2D eigenvalue weighted by Crippen LogP contribution is 2.26. The molecule has 0 atom stereocenters. The van der Waals surface area contributed by atoms with E-state index in [0.717, 1.165) is 0 Å². The van der Waals surface area contributed by atoms with Gasteiger partial charge in [0.15, 0.2) is 11.6 Å². The van der Waals surface area contributed by atoms with Crippen molar-refractivity contribution in [2.75, 3.05) is 7.11 Å². The maximum Gasteiger partial charge on any atom is 0.183 e. The Morgan fingerprint density at radius 1 is 1.25 bits per heavy atom. The number of nitriles is 1. The van der Waals surface area contributed by atoms with Crippen LogP contribution in [0.5, 0.6) is 11.5 Å². The van der Waals surface area contributed by atoms with E-state index < -0.39 is 5.82 Å². The summed E-state index contributed by atoms with van der Waals surface area (Å²) in [7, 11) is 1.52. The quantitative estimate of drug-likeness (QED) is 0.857. The molecule has 2 rings (SSSR count). The van der Waals surface area contributed by atoms with Gasteiger partial charge in [-0.05, 0) is 30.3 Å². The molecule has 0 bridgehead atoms. The Hall–Kier alpha value is -2.25. The molecule has 0 saturated heterocycles. The summed E-state index contributed by atoms with van der Waals surface area (Å²) in [6, 6.07) is 11.5. The molecule has 0 unspecified atom stereocenters. The average Bonchev–Trinajstić information content (AvgIpc) is 2.48. The van der Waals surface area contributed by atoms with Gasteiger partial charge < -0.3 is 9.47 Å². The Morgan fingerprint density at radius 3 is 2.75 bits per heavy atom. The highest BCUT2D eigenvalue weighted by Gasteiger charge is 2.10. The Labute approximate surface area is 121 Å². The van der Waals surface area contributed by atoms with Crippen molar-refractivity contribution in [1.29, 1.82) is 5.26 Å². The summed E-state index contributed by atoms with van der Waals surface area (Å²) >= 11 is 5.68. The van der Waals surface area contributed by atoms with E-state index in [1.165, 1.54) is 19.2 Å². The molecule has 0 spiro atoms. The molecule has 0 radical (unpaired) electrons. The van der Waals surface area contributed by atoms with Crippen molar-refractivity contribution in [3.8, 4) is 17.6 Å². The maximum absolute atomic E-state index is 13.7. The molecule has 5 heteroatoms. The molecule has 0 saturated carbocycles. The van der Waals surface area contributed by atoms with Crippen LogP contribution in [0.15, 0.2) is 36.4 Å². The third-order valence-corrected chi connectivity index (χ3v) is 3.00. The second-order valence-electron chi connectivity index (χ2n) is 3.98. The minimum Gasteiger partial charge on any atom is -0.496 e. The van der Waals surface area contributed by atoms with Gasteiger partial charge in [0.2, 0.25) is 0 Å². The number of benzene rings is 2. The second kappa shape index (κ2) is 6.27. The first-order valence-corrected chi connectivity index (χ1v) is 6.17. The zero-order valence-corrected chi connectivity index (χ0v) is 11.4. The van der Waals surface area contributed by atoms with Gasteiger partial charge in [-0.25, -0.2) is 4.39 Å². The molecule has 0 aliphatic rings. The summed E-state index contributed by atoms with van der Waals surface area (Å²) in [6.07, 6.45) is 0. The normalized spacial score (nSPS) is 9.90. The van der Waals surface area contributed by atoms with Crippen molar-refractivity contribution in [2.24, 2.45) is 0 Å². The predicted molar refractivity (Wildman–Crippen MR) is 73.5 cm³/mol. The molecule has 2 aromatic carbocycles. The number of rotatable bonds is 4. The topological polar surface area (TPSA) is 42.2 Å². The minimum atomic E-state index is -0.607. The van der Waals surface area contributed by atoms with Crippen molar-refractivity contribution >= 4 is 11.6 Å². The smallest absolute Gasteiger partial charge is 0.183 e. The van der Waals surface area contributed by atoms with Gasteiger partial charge >= 0.3 is 0 Å². The summed E-state index contributed by atoms with van der Waals surface area (Å²) in [5.74, 6) is 0.0259. The minimum absolute atomic E-state index is 0.000223. The van der Waals surface area contributed by atoms with Crippen molar-refractivity contribution in [3.05, 3.63) is 58.4 Å². The summed E-state index contributed by atoms with van der Waals surface area (Å²) < 4.78 is 24.3. The number of hydrogen-bond acceptors (Lipinski definition) is 3. The van der Waals surface area contributed by atoms with Gasteiger partial charge in [-0.2, -0.15) is 5.26 Å². The van der Waals surface area contributed by atoms with E-state index in [1.54, 1.807) is 24.3 Å². The van der Waals surface area contributed by atoms with Crippen molar-refractivity contribution in [2.45, 2.75) is 6.61 Å². The molecule has 0 aromatic heterocycles. The highest BCUT2D eigenvalue weighted by molar-refractivity contribution is 6.30. The van der Waals surface area contributed by atoms with Crippen molar-refractivity contribution in [3.63, 3.8) is 0 Å². The fourth-order valence-corrected chi connectivity index (χ4v) is 1.88. The number of methoxy groups -OCH3 is 1. The molecular weight excluding hydrogens is 281 g/mol. The third kappa shape index (κ3) is 3.01. The number of nitrogens with zero attached hydrogens (tertiary/aromatic N) is 1. The van der Waals surface area contributed by atoms with Crippen LogP contribution in [-0.4, -0.2) is 7.11 Å². The van der Waals surface area contributed by atoms with Crippen LogP contribution in [0.2, 0.25) is 5.02 Å². The Kier molecular flexibility index (Phi) is 4.44. The van der Waals surface area contributed by atoms with Crippen LogP contribution in [0.3, 0.4) is 0 Å². The lowest BCUT2D eigenvalue weighted by Gasteiger charge is -2.11. The van der Waals surface area contributed by atoms with Gasteiger partial charge in [-0.1, -0.05) is 17.7 Å². The molecule has 2 aromatic rings. The Morgan fingerprint density at radius 2 is 2.05 bits per heavy atom. The summed E-state index contributed by atoms with van der Waals surface area (Å²) in [5, 5.41) is 8.88. The molecule has 0 heterocycles. The molecule has 0 fully saturated rings. The maximum atomic E-state index is 13.7. The lowest BCUT2D eigenvalue weighted by molar-refractivity contribution is 0.282. The molecule has 3 nitrogen and oxygen atoms in total. The highest BCUT2D eigenvalue weighted by atomic mass is 35.5. The van der Waals surface area contributed by atoms with E-state index in [9.17, 15) is 4.39 Å². The van der Waals surface area contributed by atoms with Crippen LogP contribution in [0.1, 0.15) is 11.1 Å². The standard InChI is InChI=1S/C15H11ClFNO2/c1-19-13-6-5-10(8-18)7-11(13)9-20-14-4-2-3-12(16)15(14)17/h2-7H,9H2,1H3. The van der Waals surface area contributed by atoms with E-state index >= 15 is 0 Å². The van der Waals surface area contributed by atoms with E-state index in [2.05, 4.69) is 0 Å². The fourth-order valence-electron chi connectivity index (χ4n) is 1.71. The second-order valence-corrected chi connectivity index (χ2v) is 4.39. The van der Waals surface area contributed by atoms with Crippen LogP contribution in [-0.2, 0) is 6.61 Å². The number of halogens is 2. The molecule has 102 valence electrons. The first-order valence-electron chi connectivity index (χ1n) is 5.79. The first-order chi connectivity index (χ1) is 9.65. The van der Waals surface area contributed by atoms with Crippen molar-refractivity contribution < 1.29 is 13.9 Å². The van der Waals surface area contributed by atoms with Crippen LogP contribution in [0, 0.1) is 17.1 Å². The number of ether oxygens (including phenoxy) is 2. The molecule has 0 aliphatic carbocycles. The van der Waals surface area contributed by atoms with E-state index in [1.807, 2.05) is 6.07 Å². The fraction of sp³-hybridized carbons (Fsp3) is 0.133. The third-order valence-electron chi connectivity index (χ3n) is 2.71. The Bertz CT molecular complexity index is 667. The van der Waals surface area contributed by atoms with E-state index in [4.69, 9.17) is 26.3 Å². The van der Waals surface area contributed by atoms with E-state index in [-0.39, 0.29) is 17.4 Å². The summed E-state index contributed by atoms with van der Waals surface area (Å²) in [4.78, 5) is 0.